The van der Waals surface area contributed by atoms with Crippen LogP contribution in [0.15, 0.2) is 36.5 Å². The minimum atomic E-state index is -3.00. The van der Waals surface area contributed by atoms with E-state index in [9.17, 15) is 13.2 Å². The molecule has 2 aromatic rings. The number of amides is 1. The number of rotatable bonds is 2. The van der Waals surface area contributed by atoms with Crippen LogP contribution in [-0.4, -0.2) is 48.8 Å². The Kier molecular flexibility index (Phi) is 3.41. The zero-order chi connectivity index (χ0) is 15.0. The summed E-state index contributed by atoms with van der Waals surface area (Å²) in [7, 11) is -1.34. The summed E-state index contributed by atoms with van der Waals surface area (Å²) in [6, 6.07) is 9.13. The van der Waals surface area contributed by atoms with Gasteiger partial charge in [0.25, 0.3) is 5.91 Å². The van der Waals surface area contributed by atoms with Gasteiger partial charge < -0.3 is 4.90 Å². The van der Waals surface area contributed by atoms with Gasteiger partial charge in [-0.15, -0.1) is 0 Å². The molecule has 1 saturated heterocycles. The third kappa shape index (κ3) is 2.76. The van der Waals surface area contributed by atoms with Gasteiger partial charge in [-0.1, -0.05) is 18.2 Å². The summed E-state index contributed by atoms with van der Waals surface area (Å²) in [6.07, 6.45) is 2.05. The van der Waals surface area contributed by atoms with Crippen LogP contribution in [-0.2, 0) is 9.84 Å². The fraction of sp³-hybridized carbons (Fsp3) is 0.333. The minimum absolute atomic E-state index is 0.0518. The van der Waals surface area contributed by atoms with Crippen LogP contribution in [0.25, 0.3) is 10.9 Å². The highest BCUT2D eigenvalue weighted by Gasteiger charge is 2.33. The Morgan fingerprint density at radius 2 is 2.10 bits per heavy atom. The Balaban J connectivity index is 1.86. The lowest BCUT2D eigenvalue weighted by Gasteiger charge is -2.23. The lowest BCUT2D eigenvalue weighted by atomic mass is 10.1. The Labute approximate surface area is 123 Å². The lowest BCUT2D eigenvalue weighted by molar-refractivity contribution is 0.0747. The van der Waals surface area contributed by atoms with Crippen molar-refractivity contribution in [2.45, 2.75) is 12.5 Å². The fourth-order valence-electron chi connectivity index (χ4n) is 2.64. The van der Waals surface area contributed by atoms with Crippen LogP contribution < -0.4 is 0 Å². The summed E-state index contributed by atoms with van der Waals surface area (Å²) in [5.74, 6) is 0.0250. The van der Waals surface area contributed by atoms with E-state index >= 15 is 0 Å². The number of benzene rings is 1. The molecule has 1 atom stereocenters. The quantitative estimate of drug-likeness (QED) is 0.843. The monoisotopic (exact) mass is 304 g/mol. The van der Waals surface area contributed by atoms with Gasteiger partial charge in [0.2, 0.25) is 0 Å². The van der Waals surface area contributed by atoms with Crippen LogP contribution in [0.5, 0.6) is 0 Å². The smallest absolute Gasteiger partial charge is 0.255 e. The molecule has 1 aromatic heterocycles. The number of carbonyl (C=O) groups excluding carboxylic acids is 1. The highest BCUT2D eigenvalue weighted by Crippen LogP contribution is 2.20. The molecule has 0 bridgehead atoms. The van der Waals surface area contributed by atoms with Crippen molar-refractivity contribution in [1.82, 2.24) is 9.88 Å². The van der Waals surface area contributed by atoms with Gasteiger partial charge in [0.05, 0.1) is 22.6 Å². The normalized spacial score (nSPS) is 20.5. The minimum Gasteiger partial charge on any atom is -0.338 e. The van der Waals surface area contributed by atoms with Crippen LogP contribution in [0, 0.1) is 0 Å². The number of hydrogen-bond donors (Lipinski definition) is 0. The molecule has 0 aliphatic carbocycles. The molecule has 0 radical (unpaired) electrons. The van der Waals surface area contributed by atoms with Gasteiger partial charge in [0, 0.05) is 24.7 Å². The second-order valence-electron chi connectivity index (χ2n) is 5.39. The van der Waals surface area contributed by atoms with E-state index in [4.69, 9.17) is 0 Å². The van der Waals surface area contributed by atoms with Crippen LogP contribution in [0.3, 0.4) is 0 Å². The Morgan fingerprint density at radius 3 is 2.81 bits per heavy atom. The number of sulfone groups is 1. The van der Waals surface area contributed by atoms with Gasteiger partial charge in [-0.25, -0.2) is 8.42 Å². The van der Waals surface area contributed by atoms with E-state index in [-0.39, 0.29) is 23.5 Å². The molecule has 1 amide bonds. The topological polar surface area (TPSA) is 67.3 Å². The van der Waals surface area contributed by atoms with Crippen molar-refractivity contribution >= 4 is 26.6 Å². The van der Waals surface area contributed by atoms with E-state index in [1.807, 2.05) is 24.3 Å². The number of hydrogen-bond acceptors (Lipinski definition) is 4. The number of fused-ring (bicyclic) bond motifs is 1. The molecule has 110 valence electrons. The zero-order valence-corrected chi connectivity index (χ0v) is 12.5. The van der Waals surface area contributed by atoms with Crippen LogP contribution in [0.2, 0.25) is 0 Å². The average molecular weight is 304 g/mol. The summed E-state index contributed by atoms with van der Waals surface area (Å²) in [4.78, 5) is 18.3. The second kappa shape index (κ2) is 5.11. The molecule has 0 N–H and O–H groups in total. The van der Waals surface area contributed by atoms with E-state index in [0.29, 0.717) is 12.0 Å². The second-order valence-corrected chi connectivity index (χ2v) is 7.62. The number of nitrogens with zero attached hydrogens (tertiary/aromatic N) is 2. The first-order chi connectivity index (χ1) is 9.96. The molecule has 21 heavy (non-hydrogen) atoms. The number of pyridine rings is 1. The predicted molar refractivity (Wildman–Crippen MR) is 80.9 cm³/mol. The predicted octanol–water partition coefficient (Wildman–Crippen LogP) is 1.49. The van der Waals surface area contributed by atoms with Crippen molar-refractivity contribution in [2.75, 3.05) is 18.6 Å². The van der Waals surface area contributed by atoms with Crippen molar-refractivity contribution in [1.29, 1.82) is 0 Å². The summed E-state index contributed by atoms with van der Waals surface area (Å²) in [5, 5.41) is 0.899. The molecule has 2 heterocycles. The molecular formula is C15H16N2O3S. The van der Waals surface area contributed by atoms with Crippen LogP contribution >= 0.6 is 0 Å². The standard InChI is InChI=1S/C15H16N2O3S/c1-17(13-6-7-21(19,20)10-13)15(18)12-8-11-4-2-3-5-14(11)16-9-12/h2-5,8-9,13H,6-7,10H2,1H3. The van der Waals surface area contributed by atoms with Crippen molar-refractivity contribution in [3.8, 4) is 0 Å². The Bertz CT molecular complexity index is 801. The molecule has 1 aromatic carbocycles. The van der Waals surface area contributed by atoms with Crippen molar-refractivity contribution < 1.29 is 13.2 Å². The molecule has 1 fully saturated rings. The Morgan fingerprint density at radius 1 is 1.33 bits per heavy atom. The van der Waals surface area contributed by atoms with Gasteiger partial charge >= 0.3 is 0 Å². The molecular weight excluding hydrogens is 288 g/mol. The zero-order valence-electron chi connectivity index (χ0n) is 11.7. The maximum Gasteiger partial charge on any atom is 0.255 e. The van der Waals surface area contributed by atoms with Gasteiger partial charge in [-0.3, -0.25) is 9.78 Å². The molecule has 0 spiro atoms. The van der Waals surface area contributed by atoms with E-state index in [0.717, 1.165) is 10.9 Å². The van der Waals surface area contributed by atoms with Crippen molar-refractivity contribution in [3.63, 3.8) is 0 Å². The van der Waals surface area contributed by atoms with E-state index in [2.05, 4.69) is 4.98 Å². The molecule has 3 rings (SSSR count). The first-order valence-corrected chi connectivity index (χ1v) is 8.61. The van der Waals surface area contributed by atoms with Gasteiger partial charge in [0.15, 0.2) is 9.84 Å². The van der Waals surface area contributed by atoms with Gasteiger partial charge in [-0.2, -0.15) is 0 Å². The van der Waals surface area contributed by atoms with Gasteiger partial charge in [-0.05, 0) is 18.6 Å². The summed E-state index contributed by atoms with van der Waals surface area (Å²) in [6.45, 7) is 0. The third-order valence-corrected chi connectivity index (χ3v) is 5.66. The van der Waals surface area contributed by atoms with Crippen LogP contribution in [0.1, 0.15) is 16.8 Å². The van der Waals surface area contributed by atoms with Gasteiger partial charge in [0.1, 0.15) is 0 Å². The summed E-state index contributed by atoms with van der Waals surface area (Å²) in [5.41, 5.74) is 1.32. The molecule has 6 heteroatoms. The van der Waals surface area contributed by atoms with E-state index < -0.39 is 9.84 Å². The molecule has 0 saturated carbocycles. The first-order valence-electron chi connectivity index (χ1n) is 6.79. The van der Waals surface area contributed by atoms with E-state index in [1.54, 1.807) is 19.3 Å². The fourth-order valence-corrected chi connectivity index (χ4v) is 4.41. The summed E-state index contributed by atoms with van der Waals surface area (Å²) < 4.78 is 23.1. The highest BCUT2D eigenvalue weighted by atomic mass is 32.2. The molecule has 1 aliphatic rings. The van der Waals surface area contributed by atoms with Crippen molar-refractivity contribution in [3.05, 3.63) is 42.1 Å². The Hall–Kier alpha value is -1.95. The molecule has 5 nitrogen and oxygen atoms in total. The largest absolute Gasteiger partial charge is 0.338 e. The first kappa shape index (κ1) is 14.0. The summed E-state index contributed by atoms with van der Waals surface area (Å²) >= 11 is 0. The highest BCUT2D eigenvalue weighted by molar-refractivity contribution is 7.91. The number of carbonyl (C=O) groups is 1. The maximum absolute atomic E-state index is 12.5. The van der Waals surface area contributed by atoms with Crippen LogP contribution in [0.4, 0.5) is 0 Å². The number of para-hydroxylation sites is 1. The lowest BCUT2D eigenvalue weighted by Crippen LogP contribution is -2.37. The van der Waals surface area contributed by atoms with E-state index in [1.165, 1.54) is 4.90 Å². The number of aromatic nitrogens is 1. The average Bonchev–Trinajstić information content (AvgIpc) is 2.85. The third-order valence-electron chi connectivity index (χ3n) is 3.91. The molecule has 1 aliphatic heterocycles. The maximum atomic E-state index is 12.5. The van der Waals surface area contributed by atoms with Crippen molar-refractivity contribution in [2.24, 2.45) is 0 Å². The SMILES string of the molecule is CN(C(=O)c1cnc2ccccc2c1)C1CCS(=O)(=O)C1. The molecule has 1 unspecified atom stereocenters.